The van der Waals surface area contributed by atoms with E-state index in [1.807, 2.05) is 0 Å². The van der Waals surface area contributed by atoms with E-state index >= 15 is 0 Å². The maximum absolute atomic E-state index is 13.5. The minimum absolute atomic E-state index is 0.141. The van der Waals surface area contributed by atoms with E-state index in [0.29, 0.717) is 12.1 Å². The Labute approximate surface area is 108 Å². The number of aliphatic carboxylic acids is 1. The summed E-state index contributed by atoms with van der Waals surface area (Å²) in [4.78, 5) is 12.2. The van der Waals surface area contributed by atoms with Gasteiger partial charge < -0.3 is 5.11 Å². The molecule has 0 bridgehead atoms. The van der Waals surface area contributed by atoms with E-state index in [2.05, 4.69) is 22.5 Å². The van der Waals surface area contributed by atoms with E-state index < -0.39 is 5.97 Å². The quantitative estimate of drug-likeness (QED) is 0.821. The summed E-state index contributed by atoms with van der Waals surface area (Å²) in [6, 6.07) is 4.60. The van der Waals surface area contributed by atoms with Crippen LogP contribution in [-0.4, -0.2) is 29.1 Å². The number of nitrogens with zero attached hydrogens (tertiary/aromatic N) is 1. The first-order valence-corrected chi connectivity index (χ1v) is 5.81. The van der Waals surface area contributed by atoms with Crippen molar-refractivity contribution in [3.8, 4) is 0 Å². The molecular formula is C12H13BrFNO2. The zero-order chi connectivity index (χ0) is 12.8. The normalized spacial score (nSPS) is 10.5. The standard InChI is InChI=1S/C12H13BrFNO2/c1-2-5-15(8-12(16)17)7-9-6-10(13)3-4-11(9)14/h2-4,6H,1,5,7-8H2,(H,16,17). The van der Waals surface area contributed by atoms with E-state index in [1.54, 1.807) is 23.1 Å². The molecule has 0 aliphatic heterocycles. The predicted molar refractivity (Wildman–Crippen MR) is 67.2 cm³/mol. The number of carbonyl (C=O) groups is 1. The Hall–Kier alpha value is -1.20. The third-order valence-electron chi connectivity index (χ3n) is 2.15. The van der Waals surface area contributed by atoms with Crippen LogP contribution in [-0.2, 0) is 11.3 Å². The minimum atomic E-state index is -0.942. The van der Waals surface area contributed by atoms with Crippen molar-refractivity contribution in [1.29, 1.82) is 0 Å². The van der Waals surface area contributed by atoms with Gasteiger partial charge in [-0.25, -0.2) is 4.39 Å². The van der Waals surface area contributed by atoms with Crippen LogP contribution in [0.3, 0.4) is 0 Å². The molecule has 1 aromatic carbocycles. The van der Waals surface area contributed by atoms with Crippen LogP contribution < -0.4 is 0 Å². The molecule has 92 valence electrons. The molecule has 0 saturated carbocycles. The number of carboxylic acids is 1. The summed E-state index contributed by atoms with van der Waals surface area (Å²) in [5.74, 6) is -1.28. The van der Waals surface area contributed by atoms with Crippen molar-refractivity contribution in [3.63, 3.8) is 0 Å². The third kappa shape index (κ3) is 4.66. The molecule has 0 radical (unpaired) electrons. The summed E-state index contributed by atoms with van der Waals surface area (Å²) in [7, 11) is 0. The summed E-state index contributed by atoms with van der Waals surface area (Å²) < 4.78 is 14.3. The average Bonchev–Trinajstić information content (AvgIpc) is 2.23. The monoisotopic (exact) mass is 301 g/mol. The molecule has 0 amide bonds. The fourth-order valence-corrected chi connectivity index (χ4v) is 1.87. The topological polar surface area (TPSA) is 40.5 Å². The van der Waals surface area contributed by atoms with Crippen molar-refractivity contribution >= 4 is 21.9 Å². The summed E-state index contributed by atoms with van der Waals surface area (Å²) in [6.45, 7) is 4.05. The highest BCUT2D eigenvalue weighted by Gasteiger charge is 2.11. The third-order valence-corrected chi connectivity index (χ3v) is 2.64. The molecule has 1 N–H and O–H groups in total. The first-order valence-electron chi connectivity index (χ1n) is 5.02. The second-order valence-corrected chi connectivity index (χ2v) is 4.50. The summed E-state index contributed by atoms with van der Waals surface area (Å²) >= 11 is 3.25. The summed E-state index contributed by atoms with van der Waals surface area (Å²) in [6.07, 6.45) is 1.60. The lowest BCUT2D eigenvalue weighted by Gasteiger charge is -2.18. The van der Waals surface area contributed by atoms with Crippen molar-refractivity contribution < 1.29 is 14.3 Å². The molecule has 1 rings (SSSR count). The van der Waals surface area contributed by atoms with Gasteiger partial charge in [-0.1, -0.05) is 22.0 Å². The second-order valence-electron chi connectivity index (χ2n) is 3.59. The number of rotatable bonds is 6. The van der Waals surface area contributed by atoms with Crippen molar-refractivity contribution in [3.05, 3.63) is 46.7 Å². The van der Waals surface area contributed by atoms with E-state index in [0.717, 1.165) is 4.47 Å². The number of benzene rings is 1. The molecule has 0 aliphatic rings. The first kappa shape index (κ1) is 13.9. The second kappa shape index (κ2) is 6.51. The van der Waals surface area contributed by atoms with Gasteiger partial charge in [0.1, 0.15) is 5.82 Å². The Morgan fingerprint density at radius 3 is 2.88 bits per heavy atom. The molecule has 0 heterocycles. The SMILES string of the molecule is C=CCN(CC(=O)O)Cc1cc(Br)ccc1F. The van der Waals surface area contributed by atoms with Crippen LogP contribution in [0, 0.1) is 5.82 Å². The minimum Gasteiger partial charge on any atom is -0.480 e. The maximum Gasteiger partial charge on any atom is 0.317 e. The number of carboxylic acid groups (broad SMARTS) is 1. The van der Waals surface area contributed by atoms with Gasteiger partial charge >= 0.3 is 5.97 Å². The van der Waals surface area contributed by atoms with E-state index in [1.165, 1.54) is 6.07 Å². The van der Waals surface area contributed by atoms with Crippen LogP contribution in [0.15, 0.2) is 35.3 Å². The molecule has 0 saturated heterocycles. The fraction of sp³-hybridized carbons (Fsp3) is 0.250. The largest absolute Gasteiger partial charge is 0.480 e. The molecule has 1 aromatic rings. The van der Waals surface area contributed by atoms with Crippen molar-refractivity contribution in [2.75, 3.05) is 13.1 Å². The highest BCUT2D eigenvalue weighted by Crippen LogP contribution is 2.17. The van der Waals surface area contributed by atoms with Gasteiger partial charge in [-0.3, -0.25) is 9.69 Å². The zero-order valence-electron chi connectivity index (χ0n) is 9.20. The van der Waals surface area contributed by atoms with E-state index in [4.69, 9.17) is 5.11 Å². The van der Waals surface area contributed by atoms with Crippen LogP contribution in [0.25, 0.3) is 0 Å². The highest BCUT2D eigenvalue weighted by molar-refractivity contribution is 9.10. The maximum atomic E-state index is 13.5. The molecule has 0 aromatic heterocycles. The van der Waals surface area contributed by atoms with Crippen LogP contribution in [0.2, 0.25) is 0 Å². The lowest BCUT2D eigenvalue weighted by atomic mass is 10.2. The smallest absolute Gasteiger partial charge is 0.317 e. The predicted octanol–water partition coefficient (Wildman–Crippen LogP) is 2.66. The Kier molecular flexibility index (Phi) is 5.31. The molecule has 0 aliphatic carbocycles. The van der Waals surface area contributed by atoms with Crippen molar-refractivity contribution in [2.45, 2.75) is 6.54 Å². The van der Waals surface area contributed by atoms with E-state index in [-0.39, 0.29) is 18.9 Å². The van der Waals surface area contributed by atoms with Crippen LogP contribution in [0.1, 0.15) is 5.56 Å². The lowest BCUT2D eigenvalue weighted by molar-refractivity contribution is -0.138. The molecule has 0 atom stereocenters. The molecule has 3 nitrogen and oxygen atoms in total. The molecule has 0 unspecified atom stereocenters. The Bertz CT molecular complexity index is 423. The van der Waals surface area contributed by atoms with Gasteiger partial charge in [0, 0.05) is 23.1 Å². The van der Waals surface area contributed by atoms with Gasteiger partial charge in [0.15, 0.2) is 0 Å². The molecular weight excluding hydrogens is 289 g/mol. The van der Waals surface area contributed by atoms with Gasteiger partial charge in [-0.15, -0.1) is 6.58 Å². The highest BCUT2D eigenvalue weighted by atomic mass is 79.9. The summed E-state index contributed by atoms with van der Waals surface area (Å²) in [5, 5.41) is 8.73. The van der Waals surface area contributed by atoms with Crippen molar-refractivity contribution in [2.24, 2.45) is 0 Å². The fourth-order valence-electron chi connectivity index (χ4n) is 1.46. The molecule has 5 heteroatoms. The lowest BCUT2D eigenvalue weighted by Crippen LogP contribution is -2.29. The van der Waals surface area contributed by atoms with Gasteiger partial charge in [0.05, 0.1) is 6.54 Å². The van der Waals surface area contributed by atoms with Gasteiger partial charge in [0.25, 0.3) is 0 Å². The number of hydrogen-bond acceptors (Lipinski definition) is 2. The number of halogens is 2. The van der Waals surface area contributed by atoms with Crippen LogP contribution >= 0.6 is 15.9 Å². The molecule has 17 heavy (non-hydrogen) atoms. The molecule has 0 spiro atoms. The van der Waals surface area contributed by atoms with Gasteiger partial charge in [-0.05, 0) is 18.2 Å². The van der Waals surface area contributed by atoms with Crippen molar-refractivity contribution in [1.82, 2.24) is 4.90 Å². The summed E-state index contributed by atoms with van der Waals surface area (Å²) in [5.41, 5.74) is 0.461. The van der Waals surface area contributed by atoms with Gasteiger partial charge in [-0.2, -0.15) is 0 Å². The van der Waals surface area contributed by atoms with Gasteiger partial charge in [0.2, 0.25) is 0 Å². The Morgan fingerprint density at radius 1 is 1.59 bits per heavy atom. The van der Waals surface area contributed by atoms with Crippen LogP contribution in [0.4, 0.5) is 4.39 Å². The first-order chi connectivity index (χ1) is 8.02. The zero-order valence-corrected chi connectivity index (χ0v) is 10.8. The molecule has 0 fully saturated rings. The number of hydrogen-bond donors (Lipinski definition) is 1. The van der Waals surface area contributed by atoms with E-state index in [9.17, 15) is 9.18 Å². The Balaban J connectivity index is 2.80. The van der Waals surface area contributed by atoms with Crippen LogP contribution in [0.5, 0.6) is 0 Å². The Morgan fingerprint density at radius 2 is 2.29 bits per heavy atom. The average molecular weight is 302 g/mol.